The summed E-state index contributed by atoms with van der Waals surface area (Å²) < 4.78 is 39.9. The highest BCUT2D eigenvalue weighted by Gasteiger charge is 2.16. The van der Waals surface area contributed by atoms with Gasteiger partial charge in [0.15, 0.2) is 5.65 Å². The first kappa shape index (κ1) is 24.0. The van der Waals surface area contributed by atoms with E-state index in [1.165, 1.54) is 12.1 Å². The van der Waals surface area contributed by atoms with Crippen LogP contribution in [0.2, 0.25) is 0 Å². The van der Waals surface area contributed by atoms with Gasteiger partial charge in [0.25, 0.3) is 0 Å². The zero-order valence-corrected chi connectivity index (χ0v) is 21.4. The summed E-state index contributed by atoms with van der Waals surface area (Å²) in [5.74, 6) is -0.475. The number of nitrogens with one attached hydrogen (secondary N) is 3. The summed E-state index contributed by atoms with van der Waals surface area (Å²) in [4.78, 5) is 12.5. The fourth-order valence-electron chi connectivity index (χ4n) is 4.67. The number of aryl methyl sites for hydroxylation is 1. The average molecular weight is 527 g/mol. The number of fused-ring (bicyclic) bond motifs is 2. The maximum absolute atomic E-state index is 14.5. The maximum atomic E-state index is 14.5. The molecular weight excluding hydrogens is 503 g/mol. The van der Waals surface area contributed by atoms with E-state index in [0.717, 1.165) is 50.6 Å². The fraction of sp³-hybridized carbons (Fsp3) is 0.107. The molecule has 0 radical (unpaired) electrons. The van der Waals surface area contributed by atoms with Crippen LogP contribution in [-0.2, 0) is 16.6 Å². The Hall–Kier alpha value is -4.41. The quantitative estimate of drug-likeness (QED) is 0.271. The largest absolute Gasteiger partial charge is 0.353 e. The van der Waals surface area contributed by atoms with Crippen LogP contribution in [0.3, 0.4) is 0 Å². The standard InChI is InChI=1S/C28H23FN6O2S/c1-16-5-3-4-6-21(16)19-12-23-27(34-35-28(23)31-15-19)25-13-22-24(33-25)7-8-30-26(22)18-9-17(10-20(29)11-18)14-32-38(2,36)37/h3-13,15,32-33H,14H2,1-2H3,(H,31,34,35). The molecule has 10 heteroatoms. The van der Waals surface area contributed by atoms with Crippen LogP contribution in [0.25, 0.3) is 55.7 Å². The third-order valence-corrected chi connectivity index (χ3v) is 7.12. The van der Waals surface area contributed by atoms with Gasteiger partial charge in [-0.05, 0) is 60.0 Å². The van der Waals surface area contributed by atoms with Crippen LogP contribution < -0.4 is 4.72 Å². The Balaban J connectivity index is 1.44. The van der Waals surface area contributed by atoms with Gasteiger partial charge in [0.1, 0.15) is 5.82 Å². The van der Waals surface area contributed by atoms with Crippen molar-refractivity contribution in [2.75, 3.05) is 6.26 Å². The van der Waals surface area contributed by atoms with Gasteiger partial charge in [-0.25, -0.2) is 22.5 Å². The number of H-pyrrole nitrogens is 2. The van der Waals surface area contributed by atoms with Gasteiger partial charge in [0.2, 0.25) is 10.0 Å². The number of rotatable bonds is 6. The predicted molar refractivity (Wildman–Crippen MR) is 146 cm³/mol. The van der Waals surface area contributed by atoms with Crippen LogP contribution >= 0.6 is 0 Å². The SMILES string of the molecule is Cc1ccccc1-c1cnc2n[nH]c(-c3cc4c(-c5cc(F)cc(CNS(C)(=O)=O)c5)nccc4[nH]3)c2c1. The maximum Gasteiger partial charge on any atom is 0.209 e. The molecule has 0 atom stereocenters. The number of sulfonamides is 1. The summed E-state index contributed by atoms with van der Waals surface area (Å²) in [5.41, 5.74) is 7.85. The molecule has 0 saturated heterocycles. The molecule has 190 valence electrons. The fourth-order valence-corrected chi connectivity index (χ4v) is 5.10. The van der Waals surface area contributed by atoms with Crippen LogP contribution in [0.4, 0.5) is 4.39 Å². The molecule has 0 aliphatic rings. The van der Waals surface area contributed by atoms with E-state index in [2.05, 4.69) is 55.0 Å². The van der Waals surface area contributed by atoms with E-state index in [-0.39, 0.29) is 6.54 Å². The number of aromatic amines is 2. The van der Waals surface area contributed by atoms with Gasteiger partial charge in [-0.15, -0.1) is 0 Å². The number of aromatic nitrogens is 5. The Bertz CT molecular complexity index is 1940. The highest BCUT2D eigenvalue weighted by molar-refractivity contribution is 7.88. The zero-order chi connectivity index (χ0) is 26.4. The van der Waals surface area contributed by atoms with Gasteiger partial charge in [-0.3, -0.25) is 10.1 Å². The van der Waals surface area contributed by atoms with Crippen molar-refractivity contribution >= 4 is 32.0 Å². The molecule has 6 aromatic rings. The van der Waals surface area contributed by atoms with Gasteiger partial charge >= 0.3 is 0 Å². The molecule has 0 saturated carbocycles. The van der Waals surface area contributed by atoms with E-state index in [1.54, 1.807) is 12.3 Å². The third kappa shape index (κ3) is 4.55. The summed E-state index contributed by atoms with van der Waals surface area (Å²) in [7, 11) is -3.42. The van der Waals surface area contributed by atoms with Crippen molar-refractivity contribution in [1.29, 1.82) is 0 Å². The summed E-state index contributed by atoms with van der Waals surface area (Å²) >= 11 is 0. The number of hydrogen-bond acceptors (Lipinski definition) is 5. The van der Waals surface area contributed by atoms with E-state index < -0.39 is 15.8 Å². The molecule has 0 unspecified atom stereocenters. The molecule has 0 fully saturated rings. The van der Waals surface area contributed by atoms with E-state index in [4.69, 9.17) is 0 Å². The van der Waals surface area contributed by atoms with Crippen molar-refractivity contribution in [3.63, 3.8) is 0 Å². The zero-order valence-electron chi connectivity index (χ0n) is 20.6. The molecule has 0 aliphatic carbocycles. The first-order valence-corrected chi connectivity index (χ1v) is 13.8. The van der Waals surface area contributed by atoms with Crippen molar-refractivity contribution in [2.24, 2.45) is 0 Å². The highest BCUT2D eigenvalue weighted by atomic mass is 32.2. The number of benzene rings is 2. The lowest BCUT2D eigenvalue weighted by Gasteiger charge is -2.08. The smallest absolute Gasteiger partial charge is 0.209 e. The summed E-state index contributed by atoms with van der Waals surface area (Å²) in [6.07, 6.45) is 4.54. The summed E-state index contributed by atoms with van der Waals surface area (Å²) in [5, 5.41) is 9.15. The topological polar surface area (TPSA) is 116 Å². The molecule has 38 heavy (non-hydrogen) atoms. The van der Waals surface area contributed by atoms with Crippen molar-refractivity contribution < 1.29 is 12.8 Å². The number of hydrogen-bond donors (Lipinski definition) is 3. The predicted octanol–water partition coefficient (Wildman–Crippen LogP) is 5.33. The Labute approximate surface area is 218 Å². The van der Waals surface area contributed by atoms with E-state index >= 15 is 0 Å². The van der Waals surface area contributed by atoms with Crippen LogP contribution in [0.5, 0.6) is 0 Å². The van der Waals surface area contributed by atoms with Crippen molar-refractivity contribution in [2.45, 2.75) is 13.5 Å². The molecule has 0 amide bonds. The molecular formula is C28H23FN6O2S. The first-order chi connectivity index (χ1) is 18.2. The molecule has 0 bridgehead atoms. The minimum Gasteiger partial charge on any atom is -0.353 e. The van der Waals surface area contributed by atoms with Crippen LogP contribution in [0.15, 0.2) is 73.1 Å². The Morgan fingerprint density at radius 1 is 0.974 bits per heavy atom. The summed E-state index contributed by atoms with van der Waals surface area (Å²) in [6, 6.07) is 18.4. The molecule has 8 nitrogen and oxygen atoms in total. The van der Waals surface area contributed by atoms with Gasteiger partial charge < -0.3 is 4.98 Å². The summed E-state index contributed by atoms with van der Waals surface area (Å²) in [6.45, 7) is 2.05. The first-order valence-electron chi connectivity index (χ1n) is 11.9. The van der Waals surface area contributed by atoms with Crippen molar-refractivity contribution in [1.82, 2.24) is 29.9 Å². The van der Waals surface area contributed by atoms with Gasteiger partial charge in [0, 0.05) is 46.4 Å². The second-order valence-electron chi connectivity index (χ2n) is 9.25. The highest BCUT2D eigenvalue weighted by Crippen LogP contribution is 2.34. The minimum absolute atomic E-state index is 0.0195. The van der Waals surface area contributed by atoms with E-state index in [9.17, 15) is 12.8 Å². The van der Waals surface area contributed by atoms with Crippen LogP contribution in [0, 0.1) is 12.7 Å². The lowest BCUT2D eigenvalue weighted by atomic mass is 10.0. The van der Waals surface area contributed by atoms with Gasteiger partial charge in [-0.1, -0.05) is 24.3 Å². The average Bonchev–Trinajstić information content (AvgIpc) is 3.50. The number of nitrogens with zero attached hydrogens (tertiary/aromatic N) is 3. The Morgan fingerprint density at radius 3 is 2.63 bits per heavy atom. The molecule has 0 spiro atoms. The number of pyridine rings is 2. The molecule has 4 aromatic heterocycles. The monoisotopic (exact) mass is 526 g/mol. The van der Waals surface area contributed by atoms with Crippen molar-refractivity contribution in [3.8, 4) is 33.8 Å². The molecule has 4 heterocycles. The molecule has 6 rings (SSSR count). The van der Waals surface area contributed by atoms with Gasteiger partial charge in [0.05, 0.1) is 23.3 Å². The normalized spacial score (nSPS) is 12.0. The van der Waals surface area contributed by atoms with Crippen molar-refractivity contribution in [3.05, 3.63) is 90.0 Å². The van der Waals surface area contributed by atoms with Crippen LogP contribution in [-0.4, -0.2) is 39.8 Å². The Kier molecular flexibility index (Phi) is 5.77. The molecule has 3 N–H and O–H groups in total. The molecule has 2 aromatic carbocycles. The lowest BCUT2D eigenvalue weighted by Crippen LogP contribution is -2.21. The lowest BCUT2D eigenvalue weighted by molar-refractivity contribution is 0.586. The molecule has 0 aliphatic heterocycles. The van der Waals surface area contributed by atoms with E-state index in [1.807, 2.05) is 30.5 Å². The second kappa shape index (κ2) is 9.16. The third-order valence-electron chi connectivity index (χ3n) is 6.45. The van der Waals surface area contributed by atoms with Crippen LogP contribution in [0.1, 0.15) is 11.1 Å². The number of halogens is 1. The Morgan fingerprint density at radius 2 is 1.82 bits per heavy atom. The minimum atomic E-state index is -3.42. The van der Waals surface area contributed by atoms with E-state index in [0.29, 0.717) is 22.5 Å². The van der Waals surface area contributed by atoms with Gasteiger partial charge in [-0.2, -0.15) is 5.10 Å². The second-order valence-corrected chi connectivity index (χ2v) is 11.1.